The van der Waals surface area contributed by atoms with E-state index in [0.717, 1.165) is 0 Å². The summed E-state index contributed by atoms with van der Waals surface area (Å²) in [6.45, 7) is 1.71. The molecule has 4 aromatic rings. The highest BCUT2D eigenvalue weighted by atomic mass is 35.5. The predicted molar refractivity (Wildman–Crippen MR) is 115 cm³/mol. The van der Waals surface area contributed by atoms with Crippen LogP contribution in [0.25, 0.3) is 11.0 Å². The first-order valence-electron chi connectivity index (χ1n) is 9.25. The van der Waals surface area contributed by atoms with Gasteiger partial charge in [0, 0.05) is 11.1 Å². The molecule has 5 rings (SSSR count). The van der Waals surface area contributed by atoms with Gasteiger partial charge < -0.3 is 13.7 Å². The van der Waals surface area contributed by atoms with Crippen molar-refractivity contribution in [2.45, 2.75) is 13.0 Å². The van der Waals surface area contributed by atoms with Gasteiger partial charge in [-0.2, -0.15) is 0 Å². The Labute approximate surface area is 185 Å². The summed E-state index contributed by atoms with van der Waals surface area (Å²) < 4.78 is 16.4. The molecule has 1 amide bonds. The number of aromatic nitrogens is 1. The second-order valence-corrected chi connectivity index (χ2v) is 7.93. The maximum absolute atomic E-state index is 13.6. The number of benzene rings is 2. The summed E-state index contributed by atoms with van der Waals surface area (Å²) >= 11 is 12.4. The molecule has 3 heterocycles. The highest BCUT2D eigenvalue weighted by Gasteiger charge is 2.45. The van der Waals surface area contributed by atoms with Crippen LogP contribution < -0.4 is 15.1 Å². The quantitative estimate of drug-likeness (QED) is 0.423. The summed E-state index contributed by atoms with van der Waals surface area (Å²) in [6.07, 6.45) is 0. The van der Waals surface area contributed by atoms with Crippen LogP contribution in [0, 0.1) is 6.92 Å². The van der Waals surface area contributed by atoms with E-state index in [9.17, 15) is 9.59 Å². The van der Waals surface area contributed by atoms with Crippen LogP contribution in [0.3, 0.4) is 0 Å². The van der Waals surface area contributed by atoms with E-state index >= 15 is 0 Å². The summed E-state index contributed by atoms with van der Waals surface area (Å²) in [5.74, 6) is 0.721. The first kappa shape index (κ1) is 19.7. The third kappa shape index (κ3) is 3.00. The van der Waals surface area contributed by atoms with Gasteiger partial charge in [0.15, 0.2) is 16.8 Å². The molecular formula is C22H14Cl2N2O5. The highest BCUT2D eigenvalue weighted by Crippen LogP contribution is 2.42. The molecule has 0 bridgehead atoms. The van der Waals surface area contributed by atoms with Crippen molar-refractivity contribution in [3.63, 3.8) is 0 Å². The fraction of sp³-hybridized carbons (Fsp3) is 0.136. The molecule has 0 fully saturated rings. The molecule has 1 aliphatic heterocycles. The molecule has 31 heavy (non-hydrogen) atoms. The lowest BCUT2D eigenvalue weighted by atomic mass is 9.98. The van der Waals surface area contributed by atoms with E-state index in [1.165, 1.54) is 24.1 Å². The molecule has 1 atom stereocenters. The zero-order chi connectivity index (χ0) is 21.9. The van der Waals surface area contributed by atoms with E-state index in [1.54, 1.807) is 37.3 Å². The largest absolute Gasteiger partial charge is 0.497 e. The molecule has 156 valence electrons. The molecule has 1 aliphatic rings. The molecule has 7 nitrogen and oxygen atoms in total. The van der Waals surface area contributed by atoms with Gasteiger partial charge in [-0.15, -0.1) is 0 Å². The van der Waals surface area contributed by atoms with E-state index in [-0.39, 0.29) is 38.2 Å². The lowest BCUT2D eigenvalue weighted by molar-refractivity contribution is 0.0969. The van der Waals surface area contributed by atoms with Gasteiger partial charge >= 0.3 is 0 Å². The number of rotatable bonds is 3. The maximum Gasteiger partial charge on any atom is 0.296 e. The molecule has 0 N–H and O–H groups in total. The number of hydrogen-bond donors (Lipinski definition) is 0. The smallest absolute Gasteiger partial charge is 0.296 e. The van der Waals surface area contributed by atoms with Crippen molar-refractivity contribution in [2.24, 2.45) is 0 Å². The van der Waals surface area contributed by atoms with E-state index in [1.807, 2.05) is 0 Å². The number of nitrogens with zero attached hydrogens (tertiary/aromatic N) is 2. The number of amides is 1. The van der Waals surface area contributed by atoms with E-state index < -0.39 is 17.4 Å². The van der Waals surface area contributed by atoms with Crippen molar-refractivity contribution >= 4 is 45.9 Å². The lowest BCUT2D eigenvalue weighted by Gasteiger charge is -2.22. The van der Waals surface area contributed by atoms with E-state index in [0.29, 0.717) is 17.1 Å². The number of anilines is 1. The van der Waals surface area contributed by atoms with Crippen molar-refractivity contribution in [1.82, 2.24) is 5.16 Å². The van der Waals surface area contributed by atoms with Gasteiger partial charge in [-0.1, -0.05) is 40.5 Å². The van der Waals surface area contributed by atoms with Gasteiger partial charge in [-0.25, -0.2) is 0 Å². The second-order valence-electron chi connectivity index (χ2n) is 7.09. The number of halogens is 2. The summed E-state index contributed by atoms with van der Waals surface area (Å²) in [4.78, 5) is 28.4. The Morgan fingerprint density at radius 1 is 1.13 bits per heavy atom. The van der Waals surface area contributed by atoms with Gasteiger partial charge in [0.05, 0.1) is 29.1 Å². The number of carbonyl (C=O) groups is 1. The van der Waals surface area contributed by atoms with E-state index in [2.05, 4.69) is 5.16 Å². The Morgan fingerprint density at radius 2 is 1.94 bits per heavy atom. The summed E-state index contributed by atoms with van der Waals surface area (Å²) in [5, 5.41) is 4.61. The maximum atomic E-state index is 13.6. The van der Waals surface area contributed by atoms with Crippen molar-refractivity contribution in [3.8, 4) is 5.75 Å². The minimum atomic E-state index is -0.805. The van der Waals surface area contributed by atoms with Crippen LogP contribution in [0.15, 0.2) is 56.2 Å². The normalized spacial score (nSPS) is 15.5. The Balaban J connectivity index is 1.84. The van der Waals surface area contributed by atoms with Crippen LogP contribution in [0.5, 0.6) is 5.75 Å². The highest BCUT2D eigenvalue weighted by molar-refractivity contribution is 6.38. The summed E-state index contributed by atoms with van der Waals surface area (Å²) in [6, 6.07) is 10.8. The fourth-order valence-corrected chi connectivity index (χ4v) is 4.36. The molecule has 0 saturated heterocycles. The predicted octanol–water partition coefficient (Wildman–Crippen LogP) is 5.15. The number of ether oxygens (including phenoxy) is 1. The minimum Gasteiger partial charge on any atom is -0.497 e. The number of fused-ring (bicyclic) bond motifs is 2. The standard InChI is InChI=1S/C22H14Cl2N2O5/c1-10-6-16(25-31-10)26-18(11-4-3-5-13(7-11)29-2)17-19(27)14-8-12(23)9-15(24)20(14)30-21(17)22(26)28/h3-9,18H,1-2H3/t18-/m0/s1. The molecule has 0 radical (unpaired) electrons. The van der Waals surface area contributed by atoms with Crippen molar-refractivity contribution in [2.75, 3.05) is 12.0 Å². The summed E-state index contributed by atoms with van der Waals surface area (Å²) in [7, 11) is 1.54. The van der Waals surface area contributed by atoms with Crippen LogP contribution in [-0.2, 0) is 0 Å². The number of aryl methyl sites for hydroxylation is 1. The molecule has 9 heteroatoms. The average molecular weight is 457 g/mol. The minimum absolute atomic E-state index is 0.102. The summed E-state index contributed by atoms with van der Waals surface area (Å²) in [5.41, 5.74) is 0.520. The molecular weight excluding hydrogens is 443 g/mol. The van der Waals surface area contributed by atoms with Crippen molar-refractivity contribution < 1.29 is 18.5 Å². The van der Waals surface area contributed by atoms with Crippen LogP contribution in [-0.4, -0.2) is 18.2 Å². The van der Waals surface area contributed by atoms with Crippen LogP contribution in [0.1, 0.15) is 33.5 Å². The first-order chi connectivity index (χ1) is 14.9. The molecule has 0 saturated carbocycles. The SMILES string of the molecule is COc1cccc([C@H]2c3c(oc4c(Cl)cc(Cl)cc4c3=O)C(=O)N2c2cc(C)on2)c1. The van der Waals surface area contributed by atoms with Crippen molar-refractivity contribution in [1.29, 1.82) is 0 Å². The first-order valence-corrected chi connectivity index (χ1v) is 10.0. The van der Waals surface area contributed by atoms with Gasteiger partial charge in [-0.05, 0) is 36.8 Å². The van der Waals surface area contributed by atoms with Gasteiger partial charge in [0.25, 0.3) is 5.91 Å². The zero-order valence-electron chi connectivity index (χ0n) is 16.3. The lowest BCUT2D eigenvalue weighted by Crippen LogP contribution is -2.29. The third-order valence-electron chi connectivity index (χ3n) is 5.16. The topological polar surface area (TPSA) is 85.8 Å². The Bertz CT molecular complexity index is 1430. The Morgan fingerprint density at radius 3 is 2.65 bits per heavy atom. The van der Waals surface area contributed by atoms with Gasteiger partial charge in [-0.3, -0.25) is 14.5 Å². The monoisotopic (exact) mass is 456 g/mol. The van der Waals surface area contributed by atoms with Crippen LogP contribution >= 0.6 is 23.2 Å². The molecule has 2 aromatic carbocycles. The number of methoxy groups -OCH3 is 1. The number of carbonyl (C=O) groups excluding carboxylic acids is 1. The Kier molecular flexibility index (Phi) is 4.53. The van der Waals surface area contributed by atoms with Crippen LogP contribution in [0.4, 0.5) is 5.82 Å². The number of hydrogen-bond acceptors (Lipinski definition) is 6. The molecule has 2 aromatic heterocycles. The van der Waals surface area contributed by atoms with Crippen molar-refractivity contribution in [3.05, 3.63) is 85.4 Å². The molecule has 0 spiro atoms. The fourth-order valence-electron chi connectivity index (χ4n) is 3.83. The molecule has 0 unspecified atom stereocenters. The van der Waals surface area contributed by atoms with Crippen LogP contribution in [0.2, 0.25) is 10.0 Å². The zero-order valence-corrected chi connectivity index (χ0v) is 17.8. The second kappa shape index (κ2) is 7.14. The Hall–Kier alpha value is -3.29. The average Bonchev–Trinajstić information content (AvgIpc) is 3.30. The third-order valence-corrected chi connectivity index (χ3v) is 5.66. The van der Waals surface area contributed by atoms with E-state index in [4.69, 9.17) is 36.9 Å². The van der Waals surface area contributed by atoms with Gasteiger partial charge in [0.1, 0.15) is 11.5 Å². The molecule has 0 aliphatic carbocycles. The van der Waals surface area contributed by atoms with Gasteiger partial charge in [0.2, 0.25) is 5.76 Å².